The van der Waals surface area contributed by atoms with Crippen LogP contribution in [0.5, 0.6) is 0 Å². The van der Waals surface area contributed by atoms with E-state index in [1.165, 1.54) is 22.5 Å². The molecule has 1 aromatic carbocycles. The van der Waals surface area contributed by atoms with Gasteiger partial charge in [0.05, 0.1) is 11.0 Å². The second-order valence-corrected chi connectivity index (χ2v) is 11.2. The van der Waals surface area contributed by atoms with E-state index in [1.807, 2.05) is 0 Å². The Morgan fingerprint density at radius 2 is 2.11 bits per heavy atom. The van der Waals surface area contributed by atoms with Gasteiger partial charge in [-0.25, -0.2) is 0 Å². The molecule has 3 aliphatic rings. The lowest BCUT2D eigenvalue weighted by molar-refractivity contribution is -0.144. The predicted octanol–water partition coefficient (Wildman–Crippen LogP) is 5.26. The van der Waals surface area contributed by atoms with Crippen molar-refractivity contribution in [3.63, 3.8) is 0 Å². The number of hydrogen-bond acceptors (Lipinski definition) is 3. The minimum absolute atomic E-state index is 0.136. The van der Waals surface area contributed by atoms with Crippen molar-refractivity contribution in [2.75, 3.05) is 13.1 Å². The van der Waals surface area contributed by atoms with Crippen LogP contribution < -0.4 is 5.32 Å². The standard InChI is InChI=1S/C29H33F3N4O/c1-35-17-19(24-6-2-3-7-26(24)35)8-11-33-23-14-21-5-4-10-28(21,15-23)27(37)36-12-9-25-20(18-36)13-22(16-34-25)29(30,31)32/h2-3,6-7,13,16-17,21,23,33H,4-5,8-12,14-15,18H2,1H3. The maximum Gasteiger partial charge on any atom is 0.417 e. The van der Waals surface area contributed by atoms with E-state index in [-0.39, 0.29) is 17.9 Å². The normalized spacial score (nSPS) is 25.5. The van der Waals surface area contributed by atoms with Gasteiger partial charge in [0.1, 0.15) is 0 Å². The molecule has 1 aliphatic heterocycles. The molecule has 0 bridgehead atoms. The average Bonchev–Trinajstić information content (AvgIpc) is 3.54. The largest absolute Gasteiger partial charge is 0.417 e. The lowest BCUT2D eigenvalue weighted by Crippen LogP contribution is -2.47. The Morgan fingerprint density at radius 3 is 2.95 bits per heavy atom. The zero-order valence-corrected chi connectivity index (χ0v) is 21.2. The number of rotatable bonds is 5. The number of para-hydroxylation sites is 1. The molecule has 3 unspecified atom stereocenters. The van der Waals surface area contributed by atoms with Crippen LogP contribution >= 0.6 is 0 Å². The fourth-order valence-electron chi connectivity index (χ4n) is 7.25. The summed E-state index contributed by atoms with van der Waals surface area (Å²) in [5.74, 6) is 0.479. The van der Waals surface area contributed by atoms with Crippen LogP contribution in [-0.2, 0) is 37.4 Å². The fraction of sp³-hybridized carbons (Fsp3) is 0.517. The highest BCUT2D eigenvalue weighted by atomic mass is 19.4. The zero-order valence-electron chi connectivity index (χ0n) is 21.2. The number of alkyl halides is 3. The molecule has 6 rings (SSSR count). The van der Waals surface area contributed by atoms with Crippen molar-refractivity contribution >= 4 is 16.8 Å². The molecule has 3 atom stereocenters. The van der Waals surface area contributed by atoms with Crippen LogP contribution in [0.1, 0.15) is 54.5 Å². The number of aryl methyl sites for hydroxylation is 1. The topological polar surface area (TPSA) is 50.2 Å². The second kappa shape index (κ2) is 9.15. The van der Waals surface area contributed by atoms with Crippen molar-refractivity contribution in [3.05, 3.63) is 65.1 Å². The molecule has 2 fully saturated rings. The van der Waals surface area contributed by atoms with Crippen LogP contribution in [-0.4, -0.2) is 39.5 Å². The summed E-state index contributed by atoms with van der Waals surface area (Å²) in [7, 11) is 2.08. The SMILES string of the molecule is Cn1cc(CCNC2CC3CCCC3(C(=O)N3CCc4ncc(C(F)(F)F)cc4C3)C2)c2ccccc21. The van der Waals surface area contributed by atoms with Gasteiger partial charge in [-0.3, -0.25) is 9.78 Å². The first-order valence-electron chi connectivity index (χ1n) is 13.4. The molecule has 1 N–H and O–H groups in total. The zero-order chi connectivity index (χ0) is 25.8. The van der Waals surface area contributed by atoms with E-state index in [2.05, 4.69) is 52.4 Å². The van der Waals surface area contributed by atoms with E-state index in [0.717, 1.165) is 51.3 Å². The van der Waals surface area contributed by atoms with E-state index < -0.39 is 11.7 Å². The van der Waals surface area contributed by atoms with Crippen molar-refractivity contribution in [1.82, 2.24) is 19.8 Å². The van der Waals surface area contributed by atoms with E-state index >= 15 is 0 Å². The molecule has 3 aromatic rings. The minimum Gasteiger partial charge on any atom is -0.350 e. The third-order valence-corrected chi connectivity index (χ3v) is 9.02. The third-order valence-electron chi connectivity index (χ3n) is 9.02. The van der Waals surface area contributed by atoms with Crippen molar-refractivity contribution in [2.24, 2.45) is 18.4 Å². The predicted molar refractivity (Wildman–Crippen MR) is 136 cm³/mol. The molecule has 1 amide bonds. The molecular weight excluding hydrogens is 477 g/mol. The van der Waals surface area contributed by atoms with Gasteiger partial charge < -0.3 is 14.8 Å². The molecular formula is C29H33F3N4O. The van der Waals surface area contributed by atoms with E-state index in [0.29, 0.717) is 36.2 Å². The molecule has 3 heterocycles. The van der Waals surface area contributed by atoms with E-state index in [4.69, 9.17) is 0 Å². The van der Waals surface area contributed by atoms with Crippen molar-refractivity contribution < 1.29 is 18.0 Å². The van der Waals surface area contributed by atoms with Gasteiger partial charge >= 0.3 is 6.18 Å². The van der Waals surface area contributed by atoms with Crippen LogP contribution in [0.15, 0.2) is 42.7 Å². The van der Waals surface area contributed by atoms with Crippen LogP contribution in [0, 0.1) is 11.3 Å². The molecule has 0 spiro atoms. The first kappa shape index (κ1) is 24.5. The van der Waals surface area contributed by atoms with Crippen molar-refractivity contribution in [2.45, 2.75) is 63.7 Å². The number of nitrogens with zero attached hydrogens (tertiary/aromatic N) is 3. The summed E-state index contributed by atoms with van der Waals surface area (Å²) in [5.41, 5.74) is 2.64. The molecule has 5 nitrogen and oxygen atoms in total. The van der Waals surface area contributed by atoms with Crippen LogP contribution in [0.2, 0.25) is 0 Å². The van der Waals surface area contributed by atoms with Gasteiger partial charge in [0.15, 0.2) is 0 Å². The highest BCUT2D eigenvalue weighted by Crippen LogP contribution is 2.55. The lowest BCUT2D eigenvalue weighted by Gasteiger charge is -2.37. The second-order valence-electron chi connectivity index (χ2n) is 11.2. The van der Waals surface area contributed by atoms with Gasteiger partial charge in [-0.05, 0) is 67.8 Å². The average molecular weight is 511 g/mol. The van der Waals surface area contributed by atoms with E-state index in [9.17, 15) is 18.0 Å². The number of hydrogen-bond donors (Lipinski definition) is 1. The van der Waals surface area contributed by atoms with E-state index in [1.54, 1.807) is 4.90 Å². The summed E-state index contributed by atoms with van der Waals surface area (Å²) < 4.78 is 41.9. The summed E-state index contributed by atoms with van der Waals surface area (Å²) >= 11 is 0. The first-order valence-corrected chi connectivity index (χ1v) is 13.4. The number of aromatic nitrogens is 2. The lowest BCUT2D eigenvalue weighted by atomic mass is 9.78. The molecule has 37 heavy (non-hydrogen) atoms. The number of carbonyl (C=O) groups excluding carboxylic acids is 1. The van der Waals surface area contributed by atoms with Gasteiger partial charge in [0.2, 0.25) is 5.91 Å². The molecule has 2 aliphatic carbocycles. The molecule has 8 heteroatoms. The third kappa shape index (κ3) is 4.33. The number of halogens is 3. The Balaban J connectivity index is 1.12. The molecule has 196 valence electrons. The van der Waals surface area contributed by atoms with Crippen molar-refractivity contribution in [3.8, 4) is 0 Å². The molecule has 0 radical (unpaired) electrons. The number of nitrogens with one attached hydrogen (secondary N) is 1. The first-order chi connectivity index (χ1) is 17.7. The smallest absolute Gasteiger partial charge is 0.350 e. The summed E-state index contributed by atoms with van der Waals surface area (Å²) in [6.45, 7) is 1.61. The van der Waals surface area contributed by atoms with Crippen LogP contribution in [0.4, 0.5) is 13.2 Å². The fourth-order valence-corrected chi connectivity index (χ4v) is 7.25. The highest BCUT2D eigenvalue weighted by Gasteiger charge is 2.56. The Morgan fingerprint density at radius 1 is 1.27 bits per heavy atom. The Labute approximate surface area is 215 Å². The Hall–Kier alpha value is -2.87. The molecule has 2 aromatic heterocycles. The summed E-state index contributed by atoms with van der Waals surface area (Å²) in [5, 5.41) is 5.03. The summed E-state index contributed by atoms with van der Waals surface area (Å²) in [4.78, 5) is 19.8. The van der Waals surface area contributed by atoms with Gasteiger partial charge in [-0.15, -0.1) is 0 Å². The Bertz CT molecular complexity index is 1330. The van der Waals surface area contributed by atoms with Crippen LogP contribution in [0.3, 0.4) is 0 Å². The number of carbonyl (C=O) groups is 1. The van der Waals surface area contributed by atoms with Crippen molar-refractivity contribution in [1.29, 1.82) is 0 Å². The Kier molecular flexibility index (Phi) is 6.05. The summed E-state index contributed by atoms with van der Waals surface area (Å²) in [6.07, 6.45) is 4.90. The van der Waals surface area contributed by atoms with Gasteiger partial charge in [0.25, 0.3) is 0 Å². The number of pyridine rings is 1. The maximum absolute atomic E-state index is 13.9. The molecule has 0 saturated heterocycles. The van der Waals surface area contributed by atoms with Gasteiger partial charge in [0, 0.05) is 61.6 Å². The molecule has 2 saturated carbocycles. The summed E-state index contributed by atoms with van der Waals surface area (Å²) in [6, 6.07) is 9.91. The van der Waals surface area contributed by atoms with Gasteiger partial charge in [-0.1, -0.05) is 24.6 Å². The van der Waals surface area contributed by atoms with Gasteiger partial charge in [-0.2, -0.15) is 13.2 Å². The monoisotopic (exact) mass is 510 g/mol. The number of amides is 1. The number of benzene rings is 1. The quantitative estimate of drug-likeness (QED) is 0.510. The maximum atomic E-state index is 13.9. The number of fused-ring (bicyclic) bond motifs is 3. The highest BCUT2D eigenvalue weighted by molar-refractivity contribution is 5.85. The minimum atomic E-state index is -4.43. The van der Waals surface area contributed by atoms with Crippen LogP contribution in [0.25, 0.3) is 10.9 Å².